The zero-order chi connectivity index (χ0) is 15.5. The van der Waals surface area contributed by atoms with Gasteiger partial charge >= 0.3 is 5.97 Å². The zero-order valence-corrected chi connectivity index (χ0v) is 12.3. The van der Waals surface area contributed by atoms with Gasteiger partial charge in [0.05, 0.1) is 5.56 Å². The number of esters is 1. The average Bonchev–Trinajstić information content (AvgIpc) is 2.95. The van der Waals surface area contributed by atoms with Crippen LogP contribution in [0, 0.1) is 0 Å². The second-order valence-electron chi connectivity index (χ2n) is 4.60. The molecule has 1 aromatic heterocycles. The van der Waals surface area contributed by atoms with Gasteiger partial charge in [-0.25, -0.2) is 9.78 Å². The van der Waals surface area contributed by atoms with E-state index in [0.29, 0.717) is 27.6 Å². The van der Waals surface area contributed by atoms with Crippen LogP contribution in [0.15, 0.2) is 59.5 Å². The molecule has 0 N–H and O–H groups in total. The summed E-state index contributed by atoms with van der Waals surface area (Å²) in [5.74, 6) is 0.0825. The molecule has 0 bridgehead atoms. The van der Waals surface area contributed by atoms with Crippen LogP contribution in [0.2, 0.25) is 5.02 Å². The van der Waals surface area contributed by atoms with Crippen molar-refractivity contribution in [2.75, 3.05) is 6.61 Å². The monoisotopic (exact) mass is 313 g/mol. The fraction of sp³-hybridized carbons (Fsp3) is 0.0588. The third-order valence-electron chi connectivity index (χ3n) is 3.05. The highest BCUT2D eigenvalue weighted by Crippen LogP contribution is 2.26. The van der Waals surface area contributed by atoms with Crippen LogP contribution in [-0.2, 0) is 4.74 Å². The fourth-order valence-corrected chi connectivity index (χ4v) is 2.16. The second-order valence-corrected chi connectivity index (χ2v) is 5.03. The summed E-state index contributed by atoms with van der Waals surface area (Å²) < 4.78 is 10.6. The Balaban J connectivity index is 1.87. The Hall–Kier alpha value is -2.59. The van der Waals surface area contributed by atoms with Gasteiger partial charge in [-0.2, -0.15) is 0 Å². The maximum atomic E-state index is 11.7. The summed E-state index contributed by atoms with van der Waals surface area (Å²) in [7, 11) is 0. The van der Waals surface area contributed by atoms with E-state index < -0.39 is 5.97 Å². The van der Waals surface area contributed by atoms with Crippen LogP contribution in [0.1, 0.15) is 10.4 Å². The van der Waals surface area contributed by atoms with Crippen molar-refractivity contribution in [2.45, 2.75) is 0 Å². The van der Waals surface area contributed by atoms with E-state index >= 15 is 0 Å². The van der Waals surface area contributed by atoms with Crippen LogP contribution in [0.25, 0.3) is 22.6 Å². The minimum Gasteiger partial charge on any atom is -0.458 e. The van der Waals surface area contributed by atoms with Gasteiger partial charge in [0.2, 0.25) is 5.89 Å². The van der Waals surface area contributed by atoms with Gasteiger partial charge in [0.25, 0.3) is 0 Å². The number of benzene rings is 2. The minimum absolute atomic E-state index is 0.187. The van der Waals surface area contributed by atoms with Gasteiger partial charge in [-0.1, -0.05) is 24.3 Å². The third-order valence-corrected chi connectivity index (χ3v) is 3.28. The zero-order valence-electron chi connectivity index (χ0n) is 11.6. The number of fused-ring (bicyclic) bond motifs is 1. The molecule has 0 amide bonds. The molecule has 4 nitrogen and oxygen atoms in total. The first-order valence-corrected chi connectivity index (χ1v) is 7.00. The molecule has 0 unspecified atom stereocenters. The summed E-state index contributed by atoms with van der Waals surface area (Å²) in [5, 5.41) is 0.604. The molecule has 0 aliphatic rings. The molecule has 0 spiro atoms. The second kappa shape index (κ2) is 6.03. The standard InChI is InChI=1S/C17H12ClNO3/c1-2-9-21-17(20)12-5-3-11(4-6-12)16-19-14-10-13(18)7-8-15(14)22-16/h2-8,10H,1,9H2. The lowest BCUT2D eigenvalue weighted by molar-refractivity contribution is 0.0550. The van der Waals surface area contributed by atoms with Crippen molar-refractivity contribution in [3.63, 3.8) is 0 Å². The smallest absolute Gasteiger partial charge is 0.338 e. The number of oxazole rings is 1. The summed E-state index contributed by atoms with van der Waals surface area (Å²) in [5.41, 5.74) is 2.59. The van der Waals surface area contributed by atoms with Crippen molar-refractivity contribution in [2.24, 2.45) is 0 Å². The third kappa shape index (κ3) is 2.87. The number of halogens is 1. The van der Waals surface area contributed by atoms with Crippen LogP contribution in [0.3, 0.4) is 0 Å². The molecule has 0 saturated carbocycles. The lowest BCUT2D eigenvalue weighted by atomic mass is 10.1. The van der Waals surface area contributed by atoms with E-state index in [2.05, 4.69) is 11.6 Å². The van der Waals surface area contributed by atoms with Crippen molar-refractivity contribution in [1.82, 2.24) is 4.98 Å². The number of hydrogen-bond acceptors (Lipinski definition) is 4. The summed E-state index contributed by atoms with van der Waals surface area (Å²) in [6.45, 7) is 3.69. The number of hydrogen-bond donors (Lipinski definition) is 0. The minimum atomic E-state index is -0.393. The first kappa shape index (κ1) is 14.4. The largest absolute Gasteiger partial charge is 0.458 e. The normalized spacial score (nSPS) is 10.6. The fourth-order valence-electron chi connectivity index (χ4n) is 1.99. The predicted molar refractivity (Wildman–Crippen MR) is 84.9 cm³/mol. The van der Waals surface area contributed by atoms with Crippen LogP contribution in [0.4, 0.5) is 0 Å². The quantitative estimate of drug-likeness (QED) is 0.526. The summed E-state index contributed by atoms with van der Waals surface area (Å²) in [4.78, 5) is 16.1. The Morgan fingerprint density at radius 1 is 1.27 bits per heavy atom. The molecule has 5 heteroatoms. The molecule has 2 aromatic carbocycles. The molecule has 0 aliphatic carbocycles. The lowest BCUT2D eigenvalue weighted by Crippen LogP contribution is -2.04. The highest BCUT2D eigenvalue weighted by atomic mass is 35.5. The van der Waals surface area contributed by atoms with Gasteiger partial charge in [-0.05, 0) is 42.5 Å². The van der Waals surface area contributed by atoms with Crippen molar-refractivity contribution >= 4 is 28.7 Å². The summed E-state index contributed by atoms with van der Waals surface area (Å²) in [6.07, 6.45) is 1.52. The van der Waals surface area contributed by atoms with E-state index in [-0.39, 0.29) is 6.61 Å². The van der Waals surface area contributed by atoms with E-state index in [1.807, 2.05) is 0 Å². The molecular formula is C17H12ClNO3. The molecule has 22 heavy (non-hydrogen) atoms. The molecule has 1 heterocycles. The number of ether oxygens (including phenoxy) is 1. The van der Waals surface area contributed by atoms with E-state index in [0.717, 1.165) is 5.56 Å². The molecule has 3 aromatic rings. The number of carbonyl (C=O) groups excluding carboxylic acids is 1. The van der Waals surface area contributed by atoms with E-state index in [9.17, 15) is 4.79 Å². The summed E-state index contributed by atoms with van der Waals surface area (Å²) >= 11 is 5.93. The Morgan fingerprint density at radius 3 is 2.77 bits per heavy atom. The van der Waals surface area contributed by atoms with Gasteiger partial charge < -0.3 is 9.15 Å². The molecule has 0 saturated heterocycles. The topological polar surface area (TPSA) is 52.3 Å². The van der Waals surface area contributed by atoms with E-state index in [4.69, 9.17) is 20.8 Å². The van der Waals surface area contributed by atoms with Gasteiger partial charge in [0.15, 0.2) is 5.58 Å². The number of carbonyl (C=O) groups is 1. The Bertz CT molecular complexity index is 837. The number of aromatic nitrogens is 1. The van der Waals surface area contributed by atoms with Gasteiger partial charge in [0, 0.05) is 10.6 Å². The molecule has 0 aliphatic heterocycles. The maximum Gasteiger partial charge on any atom is 0.338 e. The van der Waals surface area contributed by atoms with E-state index in [1.54, 1.807) is 42.5 Å². The Labute approximate surface area is 132 Å². The maximum absolute atomic E-state index is 11.7. The summed E-state index contributed by atoms with van der Waals surface area (Å²) in [6, 6.07) is 12.1. The van der Waals surface area contributed by atoms with Crippen LogP contribution >= 0.6 is 11.6 Å². The van der Waals surface area contributed by atoms with Gasteiger partial charge in [-0.15, -0.1) is 0 Å². The predicted octanol–water partition coefficient (Wildman–Crippen LogP) is 4.49. The van der Waals surface area contributed by atoms with Crippen molar-refractivity contribution in [3.05, 3.63) is 65.7 Å². The van der Waals surface area contributed by atoms with Crippen LogP contribution in [-0.4, -0.2) is 17.6 Å². The van der Waals surface area contributed by atoms with Crippen molar-refractivity contribution in [3.8, 4) is 11.5 Å². The first-order chi connectivity index (χ1) is 10.7. The van der Waals surface area contributed by atoms with Crippen LogP contribution in [0.5, 0.6) is 0 Å². The van der Waals surface area contributed by atoms with Crippen molar-refractivity contribution < 1.29 is 13.9 Å². The Kier molecular flexibility index (Phi) is 3.94. The Morgan fingerprint density at radius 2 is 2.05 bits per heavy atom. The molecule has 0 radical (unpaired) electrons. The first-order valence-electron chi connectivity index (χ1n) is 6.62. The highest BCUT2D eigenvalue weighted by Gasteiger charge is 2.11. The molecular weight excluding hydrogens is 302 g/mol. The molecule has 110 valence electrons. The molecule has 3 rings (SSSR count). The van der Waals surface area contributed by atoms with Crippen molar-refractivity contribution in [1.29, 1.82) is 0 Å². The number of nitrogens with zero attached hydrogens (tertiary/aromatic N) is 1. The van der Waals surface area contributed by atoms with Gasteiger partial charge in [-0.3, -0.25) is 0 Å². The SMILES string of the molecule is C=CCOC(=O)c1ccc(-c2nc3cc(Cl)ccc3o2)cc1. The van der Waals surface area contributed by atoms with Gasteiger partial charge in [0.1, 0.15) is 12.1 Å². The molecule has 0 atom stereocenters. The highest BCUT2D eigenvalue weighted by molar-refractivity contribution is 6.31. The molecule has 0 fully saturated rings. The van der Waals surface area contributed by atoms with Crippen LogP contribution < -0.4 is 0 Å². The lowest BCUT2D eigenvalue weighted by Gasteiger charge is -2.02. The average molecular weight is 314 g/mol. The van der Waals surface area contributed by atoms with E-state index in [1.165, 1.54) is 6.08 Å². The number of rotatable bonds is 4.